The van der Waals surface area contributed by atoms with Crippen molar-refractivity contribution in [3.05, 3.63) is 35.7 Å². The molecule has 0 unspecified atom stereocenters. The summed E-state index contributed by atoms with van der Waals surface area (Å²) in [6.07, 6.45) is 0.651. The molecule has 2 N–H and O–H groups in total. The Morgan fingerprint density at radius 2 is 2.25 bits per heavy atom. The maximum atomic E-state index is 13.6. The highest BCUT2D eigenvalue weighted by molar-refractivity contribution is 6.01. The number of anilines is 1. The number of benzene rings is 1. The number of aromatic amines is 1. The Balaban J connectivity index is 2.09. The number of ether oxygens (including phenoxy) is 1. The summed E-state index contributed by atoms with van der Waals surface area (Å²) >= 11 is 0. The van der Waals surface area contributed by atoms with E-state index in [2.05, 4.69) is 20.5 Å². The monoisotopic (exact) mass is 278 g/mol. The van der Waals surface area contributed by atoms with Crippen LogP contribution in [0.4, 0.5) is 10.1 Å². The molecule has 1 aromatic carbocycles. The van der Waals surface area contributed by atoms with Crippen LogP contribution in [0.2, 0.25) is 0 Å². The lowest BCUT2D eigenvalue weighted by Gasteiger charge is -2.07. The maximum absolute atomic E-state index is 13.6. The number of amides is 1. The molecule has 0 atom stereocenters. The minimum Gasteiger partial charge on any atom is -0.491 e. The molecule has 2 rings (SSSR count). The number of carbonyl (C=O) groups excluding carboxylic acids is 1. The van der Waals surface area contributed by atoms with E-state index in [9.17, 15) is 9.18 Å². The Morgan fingerprint density at radius 1 is 1.45 bits per heavy atom. The average molecular weight is 278 g/mol. The predicted molar refractivity (Wildman–Crippen MR) is 71.3 cm³/mol. The highest BCUT2D eigenvalue weighted by Crippen LogP contribution is 2.21. The Morgan fingerprint density at radius 3 is 2.85 bits per heavy atom. The van der Waals surface area contributed by atoms with E-state index in [1.165, 1.54) is 12.1 Å². The van der Waals surface area contributed by atoms with Crippen LogP contribution in [-0.4, -0.2) is 27.7 Å². The third-order valence-electron chi connectivity index (χ3n) is 2.56. The molecule has 106 valence electrons. The largest absolute Gasteiger partial charge is 0.491 e. The van der Waals surface area contributed by atoms with Crippen molar-refractivity contribution in [3.63, 3.8) is 0 Å². The minimum absolute atomic E-state index is 0.0242. The molecule has 0 saturated carbocycles. The molecule has 6 nitrogen and oxygen atoms in total. The molecule has 0 aliphatic rings. The highest BCUT2D eigenvalue weighted by atomic mass is 19.1. The van der Waals surface area contributed by atoms with Crippen molar-refractivity contribution in [2.24, 2.45) is 0 Å². The molecule has 0 fully saturated rings. The van der Waals surface area contributed by atoms with E-state index in [0.717, 1.165) is 0 Å². The van der Waals surface area contributed by atoms with Crippen molar-refractivity contribution < 1.29 is 13.9 Å². The molecule has 20 heavy (non-hydrogen) atoms. The highest BCUT2D eigenvalue weighted by Gasteiger charge is 2.13. The van der Waals surface area contributed by atoms with Crippen LogP contribution in [0.5, 0.6) is 5.75 Å². The van der Waals surface area contributed by atoms with Crippen LogP contribution < -0.4 is 10.1 Å². The summed E-state index contributed by atoms with van der Waals surface area (Å²) in [5.74, 6) is -0.237. The van der Waals surface area contributed by atoms with Gasteiger partial charge >= 0.3 is 0 Å². The van der Waals surface area contributed by atoms with Gasteiger partial charge in [-0.3, -0.25) is 9.89 Å². The molecule has 1 amide bonds. The number of halogens is 1. The van der Waals surface area contributed by atoms with E-state index in [1.54, 1.807) is 13.0 Å². The maximum Gasteiger partial charge on any atom is 0.295 e. The minimum atomic E-state index is -0.533. The van der Waals surface area contributed by atoms with Crippen molar-refractivity contribution in [3.8, 4) is 5.75 Å². The molecule has 1 heterocycles. The van der Waals surface area contributed by atoms with Gasteiger partial charge < -0.3 is 10.1 Å². The number of aromatic nitrogens is 3. The standard InChI is InChI=1S/C13H15FN4O2/c1-3-11-16-12(18-17-11)13(19)15-8-5-6-10(20-4-2)9(14)7-8/h5-7H,3-4H2,1-2H3,(H,15,19)(H,16,17,18). The van der Waals surface area contributed by atoms with Crippen LogP contribution in [0.3, 0.4) is 0 Å². The molecule has 7 heteroatoms. The fraction of sp³-hybridized carbons (Fsp3) is 0.308. The average Bonchev–Trinajstić information content (AvgIpc) is 2.91. The van der Waals surface area contributed by atoms with Crippen LogP contribution in [0.1, 0.15) is 30.3 Å². The number of hydrogen-bond donors (Lipinski definition) is 2. The fourth-order valence-electron chi connectivity index (χ4n) is 1.59. The van der Waals surface area contributed by atoms with Crippen molar-refractivity contribution in [2.45, 2.75) is 20.3 Å². The van der Waals surface area contributed by atoms with Crippen LogP contribution in [0.15, 0.2) is 18.2 Å². The van der Waals surface area contributed by atoms with E-state index in [4.69, 9.17) is 4.74 Å². The van der Waals surface area contributed by atoms with Crippen LogP contribution >= 0.6 is 0 Å². The number of nitrogens with zero attached hydrogens (tertiary/aromatic N) is 2. The number of hydrogen-bond acceptors (Lipinski definition) is 4. The zero-order chi connectivity index (χ0) is 14.5. The molecular formula is C13H15FN4O2. The molecule has 2 aromatic rings. The molecule has 0 bridgehead atoms. The van der Waals surface area contributed by atoms with E-state index in [-0.39, 0.29) is 11.6 Å². The molecular weight excluding hydrogens is 263 g/mol. The third-order valence-corrected chi connectivity index (χ3v) is 2.56. The van der Waals surface area contributed by atoms with Gasteiger partial charge in [0.2, 0.25) is 5.82 Å². The van der Waals surface area contributed by atoms with E-state index >= 15 is 0 Å². The van der Waals surface area contributed by atoms with Gasteiger partial charge in [-0.15, -0.1) is 5.10 Å². The second-order valence-electron chi connectivity index (χ2n) is 3.99. The first-order valence-electron chi connectivity index (χ1n) is 6.29. The molecule has 0 saturated heterocycles. The fourth-order valence-corrected chi connectivity index (χ4v) is 1.59. The number of nitrogens with one attached hydrogen (secondary N) is 2. The molecule has 0 spiro atoms. The zero-order valence-electron chi connectivity index (χ0n) is 11.2. The van der Waals surface area contributed by atoms with Gasteiger partial charge in [0, 0.05) is 18.2 Å². The molecule has 0 aliphatic carbocycles. The lowest BCUT2D eigenvalue weighted by atomic mass is 10.3. The third kappa shape index (κ3) is 3.11. The van der Waals surface area contributed by atoms with Crippen LogP contribution in [-0.2, 0) is 6.42 Å². The van der Waals surface area contributed by atoms with Crippen molar-refractivity contribution >= 4 is 11.6 Å². The van der Waals surface area contributed by atoms with Crippen LogP contribution in [0.25, 0.3) is 0 Å². The van der Waals surface area contributed by atoms with Gasteiger partial charge in [0.05, 0.1) is 6.61 Å². The first-order chi connectivity index (χ1) is 9.63. The Bertz CT molecular complexity index is 612. The lowest BCUT2D eigenvalue weighted by Crippen LogP contribution is -2.14. The van der Waals surface area contributed by atoms with Gasteiger partial charge in [0.1, 0.15) is 5.82 Å². The SMILES string of the molecule is CCOc1ccc(NC(=O)c2n[nH]c(CC)n2)cc1F. The van der Waals surface area contributed by atoms with Crippen molar-refractivity contribution in [1.82, 2.24) is 15.2 Å². The van der Waals surface area contributed by atoms with E-state index < -0.39 is 11.7 Å². The second-order valence-corrected chi connectivity index (χ2v) is 3.99. The number of rotatable bonds is 5. The van der Waals surface area contributed by atoms with Gasteiger partial charge in [0.25, 0.3) is 5.91 Å². The van der Waals surface area contributed by atoms with Gasteiger partial charge in [-0.25, -0.2) is 9.37 Å². The van der Waals surface area contributed by atoms with E-state index in [0.29, 0.717) is 24.5 Å². The molecule has 0 aliphatic heterocycles. The predicted octanol–water partition coefficient (Wildman–Crippen LogP) is 2.16. The number of carbonyl (C=O) groups is 1. The number of aryl methyl sites for hydroxylation is 1. The Kier molecular flexibility index (Phi) is 4.29. The van der Waals surface area contributed by atoms with Gasteiger partial charge in [0.15, 0.2) is 11.6 Å². The lowest BCUT2D eigenvalue weighted by molar-refractivity contribution is 0.101. The first-order valence-corrected chi connectivity index (χ1v) is 6.29. The summed E-state index contributed by atoms with van der Waals surface area (Å²) in [4.78, 5) is 15.9. The zero-order valence-corrected chi connectivity index (χ0v) is 11.2. The van der Waals surface area contributed by atoms with Crippen LogP contribution in [0, 0.1) is 5.82 Å². The summed E-state index contributed by atoms with van der Waals surface area (Å²) in [6, 6.07) is 4.21. The summed E-state index contributed by atoms with van der Waals surface area (Å²) in [7, 11) is 0. The van der Waals surface area contributed by atoms with Gasteiger partial charge in [-0.05, 0) is 19.1 Å². The summed E-state index contributed by atoms with van der Waals surface area (Å²) < 4.78 is 18.7. The molecule has 0 radical (unpaired) electrons. The normalized spacial score (nSPS) is 10.3. The number of H-pyrrole nitrogens is 1. The Labute approximate surface area is 115 Å². The summed E-state index contributed by atoms with van der Waals surface area (Å²) in [6.45, 7) is 4.04. The van der Waals surface area contributed by atoms with Crippen molar-refractivity contribution in [1.29, 1.82) is 0 Å². The van der Waals surface area contributed by atoms with Gasteiger partial charge in [-0.2, -0.15) is 0 Å². The second kappa shape index (κ2) is 6.14. The quantitative estimate of drug-likeness (QED) is 0.878. The first kappa shape index (κ1) is 14.0. The van der Waals surface area contributed by atoms with E-state index in [1.807, 2.05) is 6.92 Å². The van der Waals surface area contributed by atoms with Gasteiger partial charge in [-0.1, -0.05) is 6.92 Å². The Hall–Kier alpha value is -2.44. The van der Waals surface area contributed by atoms with Crippen molar-refractivity contribution in [2.75, 3.05) is 11.9 Å². The summed E-state index contributed by atoms with van der Waals surface area (Å²) in [5, 5.41) is 8.96. The summed E-state index contributed by atoms with van der Waals surface area (Å²) in [5.41, 5.74) is 0.318. The topological polar surface area (TPSA) is 79.9 Å². The molecule has 1 aromatic heterocycles. The smallest absolute Gasteiger partial charge is 0.295 e.